The highest BCUT2D eigenvalue weighted by molar-refractivity contribution is 7.89. The van der Waals surface area contributed by atoms with Gasteiger partial charge >= 0.3 is 0 Å². The summed E-state index contributed by atoms with van der Waals surface area (Å²) in [6.45, 7) is 3.37. The molecule has 6 rings (SSSR count). The minimum atomic E-state index is -3.74. The topological polar surface area (TPSA) is 102 Å². The fourth-order valence-electron chi connectivity index (χ4n) is 6.23. The third kappa shape index (κ3) is 6.39. The number of hydrogen-bond donors (Lipinski definition) is 1. The number of carbonyl (C=O) groups is 1. The van der Waals surface area contributed by atoms with Crippen LogP contribution < -0.4 is 5.14 Å². The van der Waals surface area contributed by atoms with Gasteiger partial charge in [-0.15, -0.1) is 0 Å². The van der Waals surface area contributed by atoms with Crippen molar-refractivity contribution in [3.63, 3.8) is 0 Å². The normalized spacial score (nSPS) is 18.3. The van der Waals surface area contributed by atoms with E-state index in [4.69, 9.17) is 5.14 Å². The fraction of sp³-hybridized carbons (Fsp3) is 0.312. The average Bonchev–Trinajstić information content (AvgIpc) is 3.67. The average molecular weight is 606 g/mol. The van der Waals surface area contributed by atoms with Gasteiger partial charge in [-0.05, 0) is 92.0 Å². The second-order valence-corrected chi connectivity index (χ2v) is 12.9. The number of aromatic nitrogens is 2. The van der Waals surface area contributed by atoms with E-state index in [0.717, 1.165) is 49.2 Å². The number of primary sulfonamides is 1. The number of rotatable bonds is 7. The molecule has 1 unspecified atom stereocenters. The summed E-state index contributed by atoms with van der Waals surface area (Å²) in [5.74, 6) is -0.502. The molecule has 2 saturated heterocycles. The standard InChI is InChI=1S/C32H33F2N5O3S/c33-26-5-3-23(4-6-26)25-15-18-38(21-25)32(40)30-19-36-39(28-9-7-27(34)8-10-28)31(30)24-13-16-37(17-14-24)20-22-1-11-29(12-2-22)43(35,41)42/h1-12,19,24-25H,13-18,20-21H2,(H2,35,41,42). The van der Waals surface area contributed by atoms with Gasteiger partial charge in [-0.1, -0.05) is 24.3 Å². The van der Waals surface area contributed by atoms with Gasteiger partial charge in [0.25, 0.3) is 5.91 Å². The van der Waals surface area contributed by atoms with Crippen molar-refractivity contribution in [2.45, 2.75) is 42.5 Å². The summed E-state index contributed by atoms with van der Waals surface area (Å²) >= 11 is 0. The Morgan fingerprint density at radius 3 is 2.07 bits per heavy atom. The Morgan fingerprint density at radius 1 is 0.837 bits per heavy atom. The molecule has 43 heavy (non-hydrogen) atoms. The number of halogens is 2. The molecule has 4 aromatic rings. The summed E-state index contributed by atoms with van der Waals surface area (Å²) in [5, 5.41) is 9.84. The Labute approximate surface area is 249 Å². The van der Waals surface area contributed by atoms with E-state index < -0.39 is 10.0 Å². The van der Waals surface area contributed by atoms with E-state index in [1.165, 1.54) is 36.4 Å². The molecule has 0 aliphatic carbocycles. The molecule has 2 aliphatic heterocycles. The lowest BCUT2D eigenvalue weighted by Gasteiger charge is -2.33. The number of amides is 1. The number of piperidine rings is 1. The van der Waals surface area contributed by atoms with Gasteiger partial charge in [-0.25, -0.2) is 27.0 Å². The van der Waals surface area contributed by atoms with Gasteiger partial charge in [0.05, 0.1) is 28.0 Å². The highest BCUT2D eigenvalue weighted by atomic mass is 32.2. The Hall–Kier alpha value is -3.93. The first-order chi connectivity index (χ1) is 20.7. The highest BCUT2D eigenvalue weighted by Gasteiger charge is 2.34. The summed E-state index contributed by atoms with van der Waals surface area (Å²) in [6.07, 6.45) is 4.02. The van der Waals surface area contributed by atoms with Crippen LogP contribution in [0.4, 0.5) is 8.78 Å². The molecule has 1 aromatic heterocycles. The lowest BCUT2D eigenvalue weighted by molar-refractivity contribution is 0.0788. The van der Waals surface area contributed by atoms with Crippen LogP contribution in [-0.2, 0) is 16.6 Å². The summed E-state index contributed by atoms with van der Waals surface area (Å²) in [7, 11) is -3.74. The van der Waals surface area contributed by atoms with Gasteiger partial charge in [0.2, 0.25) is 10.0 Å². The molecule has 224 valence electrons. The van der Waals surface area contributed by atoms with E-state index in [1.807, 2.05) is 4.90 Å². The number of carbonyl (C=O) groups excluding carboxylic acids is 1. The van der Waals surface area contributed by atoms with Crippen LogP contribution in [0.1, 0.15) is 58.3 Å². The van der Waals surface area contributed by atoms with Crippen LogP contribution in [0, 0.1) is 11.6 Å². The first-order valence-corrected chi connectivity index (χ1v) is 15.9. The van der Waals surface area contributed by atoms with Crippen LogP contribution in [0.5, 0.6) is 0 Å². The molecular weight excluding hydrogens is 572 g/mol. The minimum absolute atomic E-state index is 0.0583. The molecule has 2 N–H and O–H groups in total. The molecule has 11 heteroatoms. The van der Waals surface area contributed by atoms with Crippen LogP contribution in [-0.4, -0.2) is 60.1 Å². The number of hydrogen-bond acceptors (Lipinski definition) is 5. The molecule has 0 bridgehead atoms. The summed E-state index contributed by atoms with van der Waals surface area (Å²) in [6, 6.07) is 19.2. The van der Waals surface area contributed by atoms with Gasteiger partial charge in [0, 0.05) is 31.5 Å². The predicted molar refractivity (Wildman–Crippen MR) is 158 cm³/mol. The van der Waals surface area contributed by atoms with Crippen LogP contribution in [0.25, 0.3) is 5.69 Å². The molecule has 2 aliphatic rings. The van der Waals surface area contributed by atoms with Crippen LogP contribution >= 0.6 is 0 Å². The van der Waals surface area contributed by atoms with Gasteiger partial charge in [0.15, 0.2) is 0 Å². The Bertz CT molecular complexity index is 1700. The van der Waals surface area contributed by atoms with Crippen molar-refractivity contribution in [2.24, 2.45) is 5.14 Å². The summed E-state index contributed by atoms with van der Waals surface area (Å²) in [4.78, 5) is 18.2. The second-order valence-electron chi connectivity index (χ2n) is 11.4. The third-order valence-corrected chi connectivity index (χ3v) is 9.49. The van der Waals surface area contributed by atoms with Crippen molar-refractivity contribution >= 4 is 15.9 Å². The molecule has 2 fully saturated rings. The Kier molecular flexibility index (Phi) is 8.13. The van der Waals surface area contributed by atoms with Gasteiger partial charge in [-0.3, -0.25) is 9.69 Å². The zero-order valence-electron chi connectivity index (χ0n) is 23.6. The molecule has 0 saturated carbocycles. The molecule has 1 amide bonds. The summed E-state index contributed by atoms with van der Waals surface area (Å²) in [5.41, 5.74) is 4.09. The number of nitrogens with two attached hydrogens (primary N) is 1. The van der Waals surface area contributed by atoms with E-state index in [-0.39, 0.29) is 34.3 Å². The maximum Gasteiger partial charge on any atom is 0.257 e. The minimum Gasteiger partial charge on any atom is -0.338 e. The molecular formula is C32H33F2N5O3S. The van der Waals surface area contributed by atoms with E-state index >= 15 is 0 Å². The van der Waals surface area contributed by atoms with E-state index in [0.29, 0.717) is 30.9 Å². The van der Waals surface area contributed by atoms with E-state index in [9.17, 15) is 22.0 Å². The third-order valence-electron chi connectivity index (χ3n) is 8.56. The monoisotopic (exact) mass is 605 g/mol. The molecule has 0 radical (unpaired) electrons. The van der Waals surface area contributed by atoms with Gasteiger partial charge < -0.3 is 4.90 Å². The quantitative estimate of drug-likeness (QED) is 0.326. The van der Waals surface area contributed by atoms with Gasteiger partial charge in [-0.2, -0.15) is 5.10 Å². The predicted octanol–water partition coefficient (Wildman–Crippen LogP) is 4.81. The fourth-order valence-corrected chi connectivity index (χ4v) is 6.75. The maximum absolute atomic E-state index is 13.9. The maximum atomic E-state index is 13.9. The molecule has 3 aromatic carbocycles. The number of likely N-dealkylation sites (tertiary alicyclic amines) is 2. The first-order valence-electron chi connectivity index (χ1n) is 14.4. The summed E-state index contributed by atoms with van der Waals surface area (Å²) < 4.78 is 52.1. The van der Waals surface area contributed by atoms with Crippen molar-refractivity contribution in [1.82, 2.24) is 19.6 Å². The molecule has 3 heterocycles. The highest BCUT2D eigenvalue weighted by Crippen LogP contribution is 2.35. The number of benzene rings is 3. The van der Waals surface area contributed by atoms with E-state index in [2.05, 4.69) is 10.00 Å². The Balaban J connectivity index is 1.20. The lowest BCUT2D eigenvalue weighted by Crippen LogP contribution is -2.34. The molecule has 0 spiro atoms. The van der Waals surface area contributed by atoms with Gasteiger partial charge in [0.1, 0.15) is 11.6 Å². The van der Waals surface area contributed by atoms with Crippen molar-refractivity contribution in [3.05, 3.63) is 113 Å². The largest absolute Gasteiger partial charge is 0.338 e. The smallest absolute Gasteiger partial charge is 0.257 e. The van der Waals surface area contributed by atoms with Crippen molar-refractivity contribution < 1.29 is 22.0 Å². The molecule has 8 nitrogen and oxygen atoms in total. The van der Waals surface area contributed by atoms with Crippen molar-refractivity contribution in [3.8, 4) is 5.69 Å². The number of sulfonamides is 1. The first kappa shape index (κ1) is 29.2. The second kappa shape index (κ2) is 12.0. The molecule has 1 atom stereocenters. The number of nitrogens with zero attached hydrogens (tertiary/aromatic N) is 4. The van der Waals surface area contributed by atoms with Crippen LogP contribution in [0.15, 0.2) is 83.9 Å². The van der Waals surface area contributed by atoms with Crippen molar-refractivity contribution in [2.75, 3.05) is 26.2 Å². The van der Waals surface area contributed by atoms with Crippen LogP contribution in [0.2, 0.25) is 0 Å². The lowest BCUT2D eigenvalue weighted by atomic mass is 9.90. The van der Waals surface area contributed by atoms with Crippen molar-refractivity contribution in [1.29, 1.82) is 0 Å². The Morgan fingerprint density at radius 2 is 1.44 bits per heavy atom. The van der Waals surface area contributed by atoms with Crippen LogP contribution in [0.3, 0.4) is 0 Å². The van der Waals surface area contributed by atoms with E-state index in [1.54, 1.807) is 47.3 Å². The SMILES string of the molecule is NS(=O)(=O)c1ccc(CN2CCC(c3c(C(=O)N4CCC(c5ccc(F)cc5)C4)cnn3-c3ccc(F)cc3)CC2)cc1. The zero-order valence-corrected chi connectivity index (χ0v) is 24.4. The zero-order chi connectivity index (χ0) is 30.1.